The molecule has 2 atom stereocenters. The maximum Gasteiger partial charge on any atom is 0.183 e. The van der Waals surface area contributed by atoms with Gasteiger partial charge in [-0.3, -0.25) is 4.79 Å². The van der Waals surface area contributed by atoms with Crippen LogP contribution in [0.5, 0.6) is 0 Å². The minimum atomic E-state index is -1.42. The van der Waals surface area contributed by atoms with Crippen molar-refractivity contribution in [2.75, 3.05) is 0 Å². The van der Waals surface area contributed by atoms with Crippen molar-refractivity contribution in [1.29, 1.82) is 0 Å². The quantitative estimate of drug-likeness (QED) is 0.614. The van der Waals surface area contributed by atoms with Crippen LogP contribution in [-0.4, -0.2) is 18.0 Å². The molecule has 0 saturated carbocycles. The Kier molecular flexibility index (Phi) is 3.39. The minimum Gasteiger partial charge on any atom is -0.321 e. The fraction of sp³-hybridized carbons (Fsp3) is 0.833. The first-order valence-electron chi connectivity index (χ1n) is 3.03. The van der Waals surface area contributed by atoms with Crippen molar-refractivity contribution in [2.24, 2.45) is 5.73 Å². The Hall–Kier alpha value is -0.440. The molecule has 0 heterocycles. The predicted octanol–water partition coefficient (Wildman–Crippen LogP) is 0.651. The van der Waals surface area contributed by atoms with Crippen molar-refractivity contribution in [1.82, 2.24) is 0 Å². The minimum absolute atomic E-state index is 0.502. The van der Waals surface area contributed by atoms with Crippen molar-refractivity contribution < 1.29 is 9.18 Å². The van der Waals surface area contributed by atoms with Gasteiger partial charge in [0.25, 0.3) is 0 Å². The molecule has 0 aliphatic rings. The lowest BCUT2D eigenvalue weighted by Crippen LogP contribution is -2.34. The summed E-state index contributed by atoms with van der Waals surface area (Å²) in [4.78, 5) is 10.6. The Labute approximate surface area is 54.2 Å². The first kappa shape index (κ1) is 8.56. The molecule has 0 amide bonds. The van der Waals surface area contributed by atoms with Crippen molar-refractivity contribution in [2.45, 2.75) is 32.5 Å². The van der Waals surface area contributed by atoms with Crippen LogP contribution in [-0.2, 0) is 4.79 Å². The van der Waals surface area contributed by atoms with Crippen molar-refractivity contribution in [3.63, 3.8) is 0 Å². The number of halogens is 1. The number of hydrogen-bond acceptors (Lipinski definition) is 2. The Morgan fingerprint density at radius 3 is 2.33 bits per heavy atom. The highest BCUT2D eigenvalue weighted by molar-refractivity contribution is 5.87. The van der Waals surface area contributed by atoms with Gasteiger partial charge in [-0.25, -0.2) is 4.39 Å². The van der Waals surface area contributed by atoms with E-state index in [1.165, 1.54) is 6.92 Å². The predicted molar refractivity (Wildman–Crippen MR) is 33.8 cm³/mol. The highest BCUT2D eigenvalue weighted by Crippen LogP contribution is 1.96. The van der Waals surface area contributed by atoms with E-state index >= 15 is 0 Å². The molecular weight excluding hydrogens is 121 g/mol. The fourth-order valence-corrected chi connectivity index (χ4v) is 0.496. The van der Waals surface area contributed by atoms with E-state index in [4.69, 9.17) is 5.73 Å². The average Bonchev–Trinajstić information content (AvgIpc) is 1.84. The highest BCUT2D eigenvalue weighted by atomic mass is 19.1. The second-order valence-corrected chi connectivity index (χ2v) is 2.03. The summed E-state index contributed by atoms with van der Waals surface area (Å²) in [6, 6.07) is -0.620. The second kappa shape index (κ2) is 3.56. The molecule has 0 rings (SSSR count). The standard InChI is InChI=1S/C6H12FNO/c1-3-5(8)6(9)4(2)7/h4-5H,3,8H2,1-2H3/t4?,5-/m1/s1. The van der Waals surface area contributed by atoms with Crippen molar-refractivity contribution in [3.05, 3.63) is 0 Å². The number of hydrogen-bond donors (Lipinski definition) is 1. The molecule has 0 aromatic heterocycles. The van der Waals surface area contributed by atoms with E-state index in [9.17, 15) is 9.18 Å². The molecule has 0 fully saturated rings. The van der Waals surface area contributed by atoms with E-state index < -0.39 is 18.0 Å². The van der Waals surface area contributed by atoms with Crippen LogP contribution in [0.4, 0.5) is 4.39 Å². The van der Waals surface area contributed by atoms with Gasteiger partial charge in [0, 0.05) is 0 Å². The number of ketones is 1. The van der Waals surface area contributed by atoms with Gasteiger partial charge in [-0.2, -0.15) is 0 Å². The summed E-state index contributed by atoms with van der Waals surface area (Å²) in [6.07, 6.45) is -0.910. The number of Topliss-reactive ketones (excluding diaryl/α,β-unsaturated/α-hetero) is 1. The van der Waals surface area contributed by atoms with E-state index in [1.807, 2.05) is 0 Å². The Morgan fingerprint density at radius 2 is 2.22 bits per heavy atom. The zero-order chi connectivity index (χ0) is 7.44. The zero-order valence-electron chi connectivity index (χ0n) is 5.73. The number of carbonyl (C=O) groups excluding carboxylic acids is 1. The molecule has 0 aliphatic carbocycles. The molecule has 0 aromatic carbocycles. The third-order valence-electron chi connectivity index (χ3n) is 1.20. The lowest BCUT2D eigenvalue weighted by molar-refractivity contribution is -0.124. The van der Waals surface area contributed by atoms with Crippen molar-refractivity contribution in [3.8, 4) is 0 Å². The molecule has 0 bridgehead atoms. The first-order valence-corrected chi connectivity index (χ1v) is 3.03. The smallest absolute Gasteiger partial charge is 0.183 e. The Balaban J connectivity index is 3.73. The fourth-order valence-electron chi connectivity index (χ4n) is 0.496. The van der Waals surface area contributed by atoms with Gasteiger partial charge < -0.3 is 5.73 Å². The Morgan fingerprint density at radius 1 is 1.78 bits per heavy atom. The van der Waals surface area contributed by atoms with Gasteiger partial charge in [-0.05, 0) is 13.3 Å². The third kappa shape index (κ3) is 2.56. The second-order valence-electron chi connectivity index (χ2n) is 2.03. The van der Waals surface area contributed by atoms with Crippen LogP contribution in [0.3, 0.4) is 0 Å². The largest absolute Gasteiger partial charge is 0.321 e. The van der Waals surface area contributed by atoms with Crippen LogP contribution < -0.4 is 5.73 Å². The van der Waals surface area contributed by atoms with Gasteiger partial charge >= 0.3 is 0 Å². The van der Waals surface area contributed by atoms with E-state index in [-0.39, 0.29) is 0 Å². The van der Waals surface area contributed by atoms with Crippen LogP contribution in [0, 0.1) is 0 Å². The van der Waals surface area contributed by atoms with Crippen molar-refractivity contribution >= 4 is 5.78 Å². The van der Waals surface area contributed by atoms with Crippen LogP contribution in [0.1, 0.15) is 20.3 Å². The lowest BCUT2D eigenvalue weighted by atomic mass is 10.1. The molecule has 2 nitrogen and oxygen atoms in total. The van der Waals surface area contributed by atoms with Gasteiger partial charge in [0.1, 0.15) is 0 Å². The summed E-state index contributed by atoms with van der Waals surface area (Å²) in [5.41, 5.74) is 5.23. The summed E-state index contributed by atoms with van der Waals surface area (Å²) in [7, 11) is 0. The zero-order valence-corrected chi connectivity index (χ0v) is 5.73. The molecule has 9 heavy (non-hydrogen) atoms. The van der Waals surface area contributed by atoms with Crippen LogP contribution in [0.15, 0.2) is 0 Å². The van der Waals surface area contributed by atoms with Crippen LogP contribution in [0.25, 0.3) is 0 Å². The van der Waals surface area contributed by atoms with E-state index in [0.29, 0.717) is 6.42 Å². The molecule has 1 unspecified atom stereocenters. The number of rotatable bonds is 3. The maximum absolute atomic E-state index is 12.1. The molecule has 0 aliphatic heterocycles. The van der Waals surface area contributed by atoms with E-state index in [1.54, 1.807) is 6.92 Å². The summed E-state index contributed by atoms with van der Waals surface area (Å²) in [5.74, 6) is -0.502. The molecule has 2 N–H and O–H groups in total. The lowest BCUT2D eigenvalue weighted by Gasteiger charge is -2.06. The first-order chi connectivity index (χ1) is 4.09. The molecule has 54 valence electrons. The van der Waals surface area contributed by atoms with Gasteiger partial charge in [0.05, 0.1) is 6.04 Å². The summed E-state index contributed by atoms with van der Waals surface area (Å²) >= 11 is 0. The molecule has 0 saturated heterocycles. The monoisotopic (exact) mass is 133 g/mol. The van der Waals surface area contributed by atoms with Gasteiger partial charge in [-0.1, -0.05) is 6.92 Å². The van der Waals surface area contributed by atoms with Gasteiger partial charge in [-0.15, -0.1) is 0 Å². The van der Waals surface area contributed by atoms with Gasteiger partial charge in [0.2, 0.25) is 0 Å². The Bertz CT molecular complexity index is 103. The molecule has 3 heteroatoms. The summed E-state index contributed by atoms with van der Waals surface area (Å²) < 4.78 is 12.1. The normalized spacial score (nSPS) is 16.9. The molecular formula is C6H12FNO. The van der Waals surface area contributed by atoms with Crippen LogP contribution >= 0.6 is 0 Å². The van der Waals surface area contributed by atoms with Crippen LogP contribution in [0.2, 0.25) is 0 Å². The molecule has 0 radical (unpaired) electrons. The average molecular weight is 133 g/mol. The topological polar surface area (TPSA) is 43.1 Å². The maximum atomic E-state index is 12.1. The number of alkyl halides is 1. The van der Waals surface area contributed by atoms with E-state index in [0.717, 1.165) is 0 Å². The third-order valence-corrected chi connectivity index (χ3v) is 1.20. The summed E-state index contributed by atoms with van der Waals surface area (Å²) in [5, 5.41) is 0. The SMILES string of the molecule is CC[C@@H](N)C(=O)C(C)F. The van der Waals surface area contributed by atoms with Gasteiger partial charge in [0.15, 0.2) is 12.0 Å². The molecule has 0 aromatic rings. The number of nitrogens with two attached hydrogens (primary N) is 1. The van der Waals surface area contributed by atoms with E-state index in [2.05, 4.69) is 0 Å². The number of carbonyl (C=O) groups is 1. The summed E-state index contributed by atoms with van der Waals surface area (Å²) in [6.45, 7) is 2.96. The molecule has 0 spiro atoms. The highest BCUT2D eigenvalue weighted by Gasteiger charge is 2.17.